The summed E-state index contributed by atoms with van der Waals surface area (Å²) in [6.07, 6.45) is 3.18. The Kier molecular flexibility index (Phi) is 4.15. The number of hydrogen-bond donors (Lipinski definition) is 2. The third-order valence-electron chi connectivity index (χ3n) is 2.93. The molecule has 2 heterocycles. The molecule has 0 spiro atoms. The van der Waals surface area contributed by atoms with E-state index in [-0.39, 0.29) is 10.7 Å². The van der Waals surface area contributed by atoms with E-state index in [0.29, 0.717) is 12.5 Å². The monoisotopic (exact) mass is 271 g/mol. The Morgan fingerprint density at radius 2 is 2.39 bits per heavy atom. The second-order valence-electron chi connectivity index (χ2n) is 4.33. The summed E-state index contributed by atoms with van der Waals surface area (Å²) in [5.41, 5.74) is 5.46. The smallest absolute Gasteiger partial charge is 0.240 e. The second-order valence-corrected chi connectivity index (χ2v) is 6.10. The minimum Gasteiger partial charge on any atom is -0.384 e. The lowest BCUT2D eigenvalue weighted by atomic mass is 10.1. The molecule has 1 unspecified atom stereocenters. The maximum Gasteiger partial charge on any atom is 0.240 e. The third-order valence-corrected chi connectivity index (χ3v) is 4.39. The molecule has 0 saturated carbocycles. The molecule has 1 fully saturated rings. The standard InChI is InChI=1S/C11H17N3O3S/c12-11-7-10(2-4-13-11)18(15,16)14-5-1-9-3-6-17-8-9/h2,4,7,9,14H,1,3,5-6,8H2,(H2,12,13). The highest BCUT2D eigenvalue weighted by Gasteiger charge is 2.18. The molecular weight excluding hydrogens is 254 g/mol. The van der Waals surface area contributed by atoms with Crippen molar-refractivity contribution in [2.24, 2.45) is 5.92 Å². The van der Waals surface area contributed by atoms with Crippen molar-refractivity contribution in [2.45, 2.75) is 17.7 Å². The topological polar surface area (TPSA) is 94.3 Å². The van der Waals surface area contributed by atoms with Crippen LogP contribution in [-0.2, 0) is 14.8 Å². The molecule has 1 aromatic heterocycles. The molecule has 6 nitrogen and oxygen atoms in total. The van der Waals surface area contributed by atoms with Crippen LogP contribution in [0.1, 0.15) is 12.8 Å². The fourth-order valence-electron chi connectivity index (χ4n) is 1.89. The Morgan fingerprint density at radius 3 is 3.06 bits per heavy atom. The second kappa shape index (κ2) is 5.64. The molecule has 1 saturated heterocycles. The van der Waals surface area contributed by atoms with E-state index in [9.17, 15) is 8.42 Å². The van der Waals surface area contributed by atoms with E-state index >= 15 is 0 Å². The number of nitrogens with one attached hydrogen (secondary N) is 1. The Balaban J connectivity index is 1.90. The van der Waals surface area contributed by atoms with Gasteiger partial charge in [0.25, 0.3) is 0 Å². The molecular formula is C11H17N3O3S. The molecule has 1 aromatic rings. The largest absolute Gasteiger partial charge is 0.384 e. The average molecular weight is 271 g/mol. The lowest BCUT2D eigenvalue weighted by molar-refractivity contribution is 0.184. The van der Waals surface area contributed by atoms with Crippen molar-refractivity contribution in [1.82, 2.24) is 9.71 Å². The van der Waals surface area contributed by atoms with Gasteiger partial charge >= 0.3 is 0 Å². The maximum absolute atomic E-state index is 11.9. The molecule has 0 radical (unpaired) electrons. The van der Waals surface area contributed by atoms with Crippen molar-refractivity contribution in [3.63, 3.8) is 0 Å². The summed E-state index contributed by atoms with van der Waals surface area (Å²) in [6.45, 7) is 1.92. The Bertz CT molecular complexity index is 498. The summed E-state index contributed by atoms with van der Waals surface area (Å²) in [6, 6.07) is 2.78. The molecule has 1 aliphatic rings. The molecule has 1 atom stereocenters. The normalized spacial score (nSPS) is 20.1. The van der Waals surface area contributed by atoms with Crippen LogP contribution in [-0.4, -0.2) is 33.2 Å². The van der Waals surface area contributed by atoms with Crippen molar-refractivity contribution >= 4 is 15.8 Å². The molecule has 0 aliphatic carbocycles. The van der Waals surface area contributed by atoms with Crippen LogP contribution in [0.25, 0.3) is 0 Å². The highest BCUT2D eigenvalue weighted by atomic mass is 32.2. The van der Waals surface area contributed by atoms with Crippen LogP contribution in [0.2, 0.25) is 0 Å². The zero-order valence-corrected chi connectivity index (χ0v) is 10.8. The first kappa shape index (κ1) is 13.3. The first-order chi connectivity index (χ1) is 8.58. The van der Waals surface area contributed by atoms with E-state index in [0.717, 1.165) is 26.1 Å². The van der Waals surface area contributed by atoms with Gasteiger partial charge in [0.05, 0.1) is 4.90 Å². The van der Waals surface area contributed by atoms with Crippen LogP contribution >= 0.6 is 0 Å². The number of sulfonamides is 1. The Labute approximate surface area is 107 Å². The summed E-state index contributed by atoms with van der Waals surface area (Å²) in [7, 11) is -3.49. The molecule has 1 aliphatic heterocycles. The van der Waals surface area contributed by atoms with Gasteiger partial charge in [-0.25, -0.2) is 18.1 Å². The Morgan fingerprint density at radius 1 is 1.56 bits per heavy atom. The van der Waals surface area contributed by atoms with E-state index < -0.39 is 10.0 Å². The van der Waals surface area contributed by atoms with Gasteiger partial charge in [0.15, 0.2) is 0 Å². The number of anilines is 1. The van der Waals surface area contributed by atoms with Crippen molar-refractivity contribution in [2.75, 3.05) is 25.5 Å². The molecule has 18 heavy (non-hydrogen) atoms. The van der Waals surface area contributed by atoms with E-state index in [4.69, 9.17) is 10.5 Å². The fourth-order valence-corrected chi connectivity index (χ4v) is 2.96. The lowest BCUT2D eigenvalue weighted by Crippen LogP contribution is -2.26. The summed E-state index contributed by atoms with van der Waals surface area (Å²) in [5, 5.41) is 0. The quantitative estimate of drug-likeness (QED) is 0.807. The van der Waals surface area contributed by atoms with Crippen molar-refractivity contribution in [3.05, 3.63) is 18.3 Å². The van der Waals surface area contributed by atoms with Crippen molar-refractivity contribution in [1.29, 1.82) is 0 Å². The van der Waals surface area contributed by atoms with Gasteiger partial charge in [0.1, 0.15) is 5.82 Å². The molecule has 3 N–H and O–H groups in total. The van der Waals surface area contributed by atoms with Crippen LogP contribution in [0.3, 0.4) is 0 Å². The summed E-state index contributed by atoms with van der Waals surface area (Å²) in [5.74, 6) is 0.650. The summed E-state index contributed by atoms with van der Waals surface area (Å²) in [4.78, 5) is 3.92. The first-order valence-electron chi connectivity index (χ1n) is 5.87. The number of hydrogen-bond acceptors (Lipinski definition) is 5. The van der Waals surface area contributed by atoms with Gasteiger partial charge in [0.2, 0.25) is 10.0 Å². The number of pyridine rings is 1. The molecule has 0 amide bonds. The number of rotatable bonds is 5. The number of ether oxygens (including phenoxy) is 1. The minimum absolute atomic E-state index is 0.151. The van der Waals surface area contributed by atoms with Gasteiger partial charge in [-0.05, 0) is 24.8 Å². The molecule has 0 bridgehead atoms. The van der Waals surface area contributed by atoms with Gasteiger partial charge in [-0.2, -0.15) is 0 Å². The Hall–Kier alpha value is -1.18. The van der Waals surface area contributed by atoms with Crippen LogP contribution in [0, 0.1) is 5.92 Å². The fraction of sp³-hybridized carbons (Fsp3) is 0.545. The first-order valence-corrected chi connectivity index (χ1v) is 7.35. The molecule has 2 rings (SSSR count). The number of nitrogens with zero attached hydrogens (tertiary/aromatic N) is 1. The van der Waals surface area contributed by atoms with E-state index in [1.165, 1.54) is 18.3 Å². The van der Waals surface area contributed by atoms with Gasteiger partial charge < -0.3 is 10.5 Å². The van der Waals surface area contributed by atoms with Crippen LogP contribution < -0.4 is 10.5 Å². The molecule has 0 aromatic carbocycles. The molecule has 100 valence electrons. The van der Waals surface area contributed by atoms with Crippen molar-refractivity contribution < 1.29 is 13.2 Å². The van der Waals surface area contributed by atoms with Gasteiger partial charge in [0, 0.05) is 32.0 Å². The number of aromatic nitrogens is 1. The van der Waals surface area contributed by atoms with Crippen molar-refractivity contribution in [3.8, 4) is 0 Å². The van der Waals surface area contributed by atoms with E-state index in [1.807, 2.05) is 0 Å². The van der Waals surface area contributed by atoms with E-state index in [2.05, 4.69) is 9.71 Å². The average Bonchev–Trinajstić information content (AvgIpc) is 2.82. The third kappa shape index (κ3) is 3.41. The highest BCUT2D eigenvalue weighted by Crippen LogP contribution is 2.16. The zero-order valence-electron chi connectivity index (χ0n) is 10.0. The van der Waals surface area contributed by atoms with Gasteiger partial charge in [-0.1, -0.05) is 0 Å². The minimum atomic E-state index is -3.49. The van der Waals surface area contributed by atoms with Gasteiger partial charge in [-0.15, -0.1) is 0 Å². The maximum atomic E-state index is 11.9. The summed E-state index contributed by atoms with van der Waals surface area (Å²) < 4.78 is 31.7. The number of nitrogens with two attached hydrogens (primary N) is 1. The lowest BCUT2D eigenvalue weighted by Gasteiger charge is -2.09. The number of nitrogen functional groups attached to an aromatic ring is 1. The van der Waals surface area contributed by atoms with Gasteiger partial charge in [-0.3, -0.25) is 0 Å². The summed E-state index contributed by atoms with van der Waals surface area (Å²) >= 11 is 0. The van der Waals surface area contributed by atoms with Crippen LogP contribution in [0.15, 0.2) is 23.2 Å². The zero-order chi connectivity index (χ0) is 13.0. The van der Waals surface area contributed by atoms with Crippen LogP contribution in [0.4, 0.5) is 5.82 Å². The highest BCUT2D eigenvalue weighted by molar-refractivity contribution is 7.89. The predicted molar refractivity (Wildman–Crippen MR) is 67.4 cm³/mol. The predicted octanol–water partition coefficient (Wildman–Crippen LogP) is 0.369. The molecule has 7 heteroatoms. The van der Waals surface area contributed by atoms with Crippen LogP contribution in [0.5, 0.6) is 0 Å². The SMILES string of the molecule is Nc1cc(S(=O)(=O)NCCC2CCOC2)ccn1. The van der Waals surface area contributed by atoms with E-state index in [1.54, 1.807) is 0 Å².